The molecule has 0 spiro atoms. The molecule has 106 valence electrons. The molecule has 0 saturated heterocycles. The average molecular weight is 280 g/mol. The van der Waals surface area contributed by atoms with Crippen LogP contribution in [0, 0.1) is 0 Å². The van der Waals surface area contributed by atoms with Gasteiger partial charge in [0, 0.05) is 14.2 Å². The Morgan fingerprint density at radius 3 is 2.33 bits per heavy atom. The highest BCUT2D eigenvalue weighted by molar-refractivity contribution is 7.54. The van der Waals surface area contributed by atoms with E-state index in [4.69, 9.17) is 13.8 Å². The van der Waals surface area contributed by atoms with E-state index in [1.54, 1.807) is 6.08 Å². The first-order chi connectivity index (χ1) is 8.53. The van der Waals surface area contributed by atoms with Crippen LogP contribution >= 0.6 is 7.60 Å². The van der Waals surface area contributed by atoms with Gasteiger partial charge < -0.3 is 18.5 Å². The Kier molecular flexibility index (Phi) is 8.71. The van der Waals surface area contributed by atoms with E-state index in [0.717, 1.165) is 19.3 Å². The minimum atomic E-state index is -3.52. The van der Waals surface area contributed by atoms with E-state index in [1.807, 2.05) is 0 Å². The van der Waals surface area contributed by atoms with Crippen LogP contribution in [0.1, 0.15) is 26.2 Å². The van der Waals surface area contributed by atoms with Crippen molar-refractivity contribution in [2.75, 3.05) is 21.3 Å². The van der Waals surface area contributed by atoms with Gasteiger partial charge in [0.25, 0.3) is 0 Å². The van der Waals surface area contributed by atoms with Crippen LogP contribution in [-0.2, 0) is 23.1 Å². The maximum Gasteiger partial charge on any atom is 0.509 e. The van der Waals surface area contributed by atoms with E-state index in [-0.39, 0.29) is 0 Å². The van der Waals surface area contributed by atoms with Crippen molar-refractivity contribution < 1.29 is 27.9 Å². The maximum atomic E-state index is 12.1. The van der Waals surface area contributed by atoms with Crippen molar-refractivity contribution >= 4 is 13.8 Å². The monoisotopic (exact) mass is 280 g/mol. The third kappa shape index (κ3) is 5.67. The Balaban J connectivity index is 4.76. The predicted molar refractivity (Wildman–Crippen MR) is 67.6 cm³/mol. The summed E-state index contributed by atoms with van der Waals surface area (Å²) in [6.07, 6.45) is 5.17. The summed E-state index contributed by atoms with van der Waals surface area (Å²) in [7, 11) is 0.122. The highest BCUT2D eigenvalue weighted by atomic mass is 31.2. The summed E-state index contributed by atoms with van der Waals surface area (Å²) in [5.74, 6) is -1.10. The molecule has 1 atom stereocenters. The summed E-state index contributed by atoms with van der Waals surface area (Å²) < 4.78 is 31.0. The van der Waals surface area contributed by atoms with Crippen molar-refractivity contribution in [2.45, 2.75) is 32.0 Å². The van der Waals surface area contributed by atoms with Gasteiger partial charge in [-0.1, -0.05) is 25.8 Å². The van der Waals surface area contributed by atoms with Crippen LogP contribution in [0.25, 0.3) is 0 Å². The number of allylic oxidation sites excluding steroid dienone is 1. The number of rotatable bonds is 8. The van der Waals surface area contributed by atoms with Crippen molar-refractivity contribution in [3.8, 4) is 0 Å². The fraction of sp³-hybridized carbons (Fsp3) is 0.727. The molecule has 0 aromatic carbocycles. The highest BCUT2D eigenvalue weighted by Gasteiger charge is 2.35. The number of hydrogen-bond donors (Lipinski definition) is 0. The van der Waals surface area contributed by atoms with Gasteiger partial charge in [-0.25, -0.2) is 4.79 Å². The summed E-state index contributed by atoms with van der Waals surface area (Å²) in [5, 5.41) is 0. The molecule has 0 radical (unpaired) electrons. The number of ether oxygens (including phenoxy) is 2. The zero-order chi connectivity index (χ0) is 14.0. The highest BCUT2D eigenvalue weighted by Crippen LogP contribution is 2.52. The number of unbranched alkanes of at least 4 members (excludes halogenated alkanes) is 2. The summed E-state index contributed by atoms with van der Waals surface area (Å²) in [6.45, 7) is 2.06. The van der Waals surface area contributed by atoms with Crippen LogP contribution in [0.3, 0.4) is 0 Å². The van der Waals surface area contributed by atoms with Gasteiger partial charge in [-0.3, -0.25) is 4.57 Å². The van der Waals surface area contributed by atoms with E-state index in [0.29, 0.717) is 0 Å². The molecular formula is C11H21O6P. The average Bonchev–Trinajstić information content (AvgIpc) is 2.40. The standard InChI is InChI=1S/C11H21O6P/c1-5-6-7-8-9-10(17-11(12)14-2)18(13,15-3)16-4/h8-10H,5-7H2,1-4H3. The summed E-state index contributed by atoms with van der Waals surface area (Å²) >= 11 is 0. The Morgan fingerprint density at radius 2 is 1.89 bits per heavy atom. The SMILES string of the molecule is CCCCC=CC(OC(=O)OC)P(=O)(OC)OC. The van der Waals surface area contributed by atoms with Gasteiger partial charge in [-0.2, -0.15) is 0 Å². The Morgan fingerprint density at radius 1 is 1.28 bits per heavy atom. The molecule has 0 rings (SSSR count). The lowest BCUT2D eigenvalue weighted by atomic mass is 10.2. The first kappa shape index (κ1) is 17.2. The van der Waals surface area contributed by atoms with Gasteiger partial charge in [0.1, 0.15) is 0 Å². The van der Waals surface area contributed by atoms with Gasteiger partial charge in [0.15, 0.2) is 0 Å². The van der Waals surface area contributed by atoms with E-state index in [2.05, 4.69) is 11.7 Å². The smallest absolute Gasteiger partial charge is 0.438 e. The number of carbonyl (C=O) groups excluding carboxylic acids is 1. The lowest BCUT2D eigenvalue weighted by molar-refractivity contribution is 0.0625. The number of carbonyl (C=O) groups is 1. The summed E-state index contributed by atoms with van der Waals surface area (Å²) in [6, 6.07) is 0. The van der Waals surface area contributed by atoms with Crippen LogP contribution in [0.4, 0.5) is 4.79 Å². The van der Waals surface area contributed by atoms with E-state index in [9.17, 15) is 9.36 Å². The largest absolute Gasteiger partial charge is 0.509 e. The lowest BCUT2D eigenvalue weighted by Crippen LogP contribution is -2.18. The van der Waals surface area contributed by atoms with E-state index < -0.39 is 19.6 Å². The van der Waals surface area contributed by atoms with Crippen LogP contribution in [0.5, 0.6) is 0 Å². The zero-order valence-electron chi connectivity index (χ0n) is 11.3. The third-order valence-electron chi connectivity index (χ3n) is 2.23. The van der Waals surface area contributed by atoms with Crippen LogP contribution in [0.2, 0.25) is 0 Å². The predicted octanol–water partition coefficient (Wildman–Crippen LogP) is 3.33. The number of hydrogen-bond acceptors (Lipinski definition) is 6. The Labute approximate surface area is 108 Å². The van der Waals surface area contributed by atoms with Gasteiger partial charge in [-0.05, 0) is 12.5 Å². The molecule has 0 saturated carbocycles. The van der Waals surface area contributed by atoms with Crippen LogP contribution in [-0.4, -0.2) is 33.3 Å². The summed E-state index contributed by atoms with van der Waals surface area (Å²) in [4.78, 5) is 11.1. The summed E-state index contributed by atoms with van der Waals surface area (Å²) in [5.41, 5.74) is 0. The molecule has 1 unspecified atom stereocenters. The molecule has 0 aliphatic rings. The second-order valence-electron chi connectivity index (χ2n) is 3.44. The maximum absolute atomic E-state index is 12.1. The second kappa shape index (κ2) is 9.14. The molecule has 7 heteroatoms. The lowest BCUT2D eigenvalue weighted by Gasteiger charge is -2.20. The fourth-order valence-electron chi connectivity index (χ4n) is 1.17. The molecule has 18 heavy (non-hydrogen) atoms. The topological polar surface area (TPSA) is 71.1 Å². The van der Waals surface area contributed by atoms with Gasteiger partial charge in [0.05, 0.1) is 7.11 Å². The third-order valence-corrected chi connectivity index (χ3v) is 4.15. The van der Waals surface area contributed by atoms with Crippen molar-refractivity contribution in [3.05, 3.63) is 12.2 Å². The Hall–Kier alpha value is -0.840. The Bertz CT molecular complexity index is 307. The molecule has 0 fully saturated rings. The second-order valence-corrected chi connectivity index (χ2v) is 5.76. The van der Waals surface area contributed by atoms with E-state index in [1.165, 1.54) is 27.4 Å². The van der Waals surface area contributed by atoms with Gasteiger partial charge >= 0.3 is 13.8 Å². The zero-order valence-corrected chi connectivity index (χ0v) is 12.1. The van der Waals surface area contributed by atoms with Crippen molar-refractivity contribution in [1.29, 1.82) is 0 Å². The van der Waals surface area contributed by atoms with Crippen LogP contribution in [0.15, 0.2) is 12.2 Å². The quantitative estimate of drug-likeness (QED) is 0.294. The molecule has 0 aliphatic heterocycles. The molecule has 0 bridgehead atoms. The molecule has 0 aromatic heterocycles. The van der Waals surface area contributed by atoms with E-state index >= 15 is 0 Å². The molecule has 0 heterocycles. The molecule has 6 nitrogen and oxygen atoms in total. The van der Waals surface area contributed by atoms with Crippen molar-refractivity contribution in [2.24, 2.45) is 0 Å². The number of methoxy groups -OCH3 is 1. The molecule has 0 aromatic rings. The minimum absolute atomic E-state index is 0.797. The van der Waals surface area contributed by atoms with Gasteiger partial charge in [-0.15, -0.1) is 0 Å². The molecular weight excluding hydrogens is 259 g/mol. The first-order valence-corrected chi connectivity index (χ1v) is 7.27. The molecule has 0 N–H and O–H groups in total. The molecule has 0 aliphatic carbocycles. The van der Waals surface area contributed by atoms with Gasteiger partial charge in [0.2, 0.25) is 5.85 Å². The first-order valence-electron chi connectivity index (χ1n) is 5.66. The minimum Gasteiger partial charge on any atom is -0.438 e. The van der Waals surface area contributed by atoms with Crippen molar-refractivity contribution in [3.63, 3.8) is 0 Å². The fourth-order valence-corrected chi connectivity index (χ4v) is 2.29. The molecule has 0 amide bonds. The van der Waals surface area contributed by atoms with Crippen molar-refractivity contribution in [1.82, 2.24) is 0 Å². The van der Waals surface area contributed by atoms with Crippen LogP contribution < -0.4 is 0 Å². The normalized spacial score (nSPS) is 13.6.